The van der Waals surface area contributed by atoms with Gasteiger partial charge in [0, 0.05) is 26.2 Å². The number of esters is 1. The van der Waals surface area contributed by atoms with Crippen LogP contribution in [0.1, 0.15) is 47.5 Å². The second-order valence-electron chi connectivity index (χ2n) is 6.20. The summed E-state index contributed by atoms with van der Waals surface area (Å²) in [5.41, 5.74) is -0.516. The third-order valence-electron chi connectivity index (χ3n) is 2.74. The summed E-state index contributed by atoms with van der Waals surface area (Å²) >= 11 is 5.34. The first kappa shape index (κ1) is 22.4. The predicted octanol–water partition coefficient (Wildman–Crippen LogP) is 2.05. The van der Waals surface area contributed by atoms with Crippen molar-refractivity contribution in [1.29, 1.82) is 0 Å². The van der Waals surface area contributed by atoms with Gasteiger partial charge in [0.25, 0.3) is 0 Å². The number of amides is 1. The number of rotatable bonds is 9. The van der Waals surface area contributed by atoms with Crippen LogP contribution in [0, 0.1) is 0 Å². The number of thiocarbonyl (C=S) groups is 1. The number of hydrogen-bond donors (Lipinski definition) is 2. The molecule has 0 unspecified atom stereocenters. The molecular weight excluding hydrogens is 330 g/mol. The fourth-order valence-corrected chi connectivity index (χ4v) is 2.09. The van der Waals surface area contributed by atoms with Gasteiger partial charge in [0.2, 0.25) is 0 Å². The maximum atomic E-state index is 11.5. The Morgan fingerprint density at radius 1 is 1.08 bits per heavy atom. The van der Waals surface area contributed by atoms with Gasteiger partial charge >= 0.3 is 12.1 Å². The molecule has 0 saturated heterocycles. The molecule has 0 atom stereocenters. The number of carbonyl (C=O) groups excluding carboxylic acids is 2. The van der Waals surface area contributed by atoms with Crippen molar-refractivity contribution in [3.05, 3.63) is 0 Å². The van der Waals surface area contributed by atoms with Gasteiger partial charge in [-0.2, -0.15) is 0 Å². The van der Waals surface area contributed by atoms with Gasteiger partial charge in [-0.1, -0.05) is 6.92 Å². The predicted molar refractivity (Wildman–Crippen MR) is 98.0 cm³/mol. The lowest BCUT2D eigenvalue weighted by Gasteiger charge is -2.25. The molecule has 0 aliphatic heterocycles. The van der Waals surface area contributed by atoms with Crippen molar-refractivity contribution in [3.8, 4) is 0 Å². The zero-order valence-electron chi connectivity index (χ0n) is 15.4. The van der Waals surface area contributed by atoms with Crippen LogP contribution in [0.2, 0.25) is 0 Å². The van der Waals surface area contributed by atoms with Gasteiger partial charge in [-0.05, 0) is 46.3 Å². The molecule has 0 saturated carbocycles. The molecule has 0 aromatic carbocycles. The molecule has 24 heavy (non-hydrogen) atoms. The molecule has 140 valence electrons. The monoisotopic (exact) mass is 361 g/mol. The maximum absolute atomic E-state index is 11.5. The van der Waals surface area contributed by atoms with Crippen LogP contribution in [0.4, 0.5) is 4.79 Å². The Bertz CT molecular complexity index is 411. The molecule has 0 aliphatic carbocycles. The Kier molecular flexibility index (Phi) is 11.1. The average Bonchev–Trinajstić information content (AvgIpc) is 2.46. The van der Waals surface area contributed by atoms with Crippen LogP contribution in [0.25, 0.3) is 0 Å². The van der Waals surface area contributed by atoms with E-state index in [0.29, 0.717) is 37.8 Å². The van der Waals surface area contributed by atoms with Crippen molar-refractivity contribution in [2.75, 3.05) is 32.8 Å². The van der Waals surface area contributed by atoms with E-state index in [-0.39, 0.29) is 5.97 Å². The van der Waals surface area contributed by atoms with E-state index in [4.69, 9.17) is 21.7 Å². The quantitative estimate of drug-likeness (QED) is 0.370. The van der Waals surface area contributed by atoms with Crippen LogP contribution in [0.3, 0.4) is 0 Å². The lowest BCUT2D eigenvalue weighted by molar-refractivity contribution is -0.143. The standard InChI is InChI=1S/C16H31N3O4S/c1-6-11-19(12-8-13(20)22-7-2)14(24)17-9-10-18-15(21)23-16(3,4)5/h6-12H2,1-5H3,(H,17,24)(H,18,21). The third kappa shape index (κ3) is 11.9. The van der Waals surface area contributed by atoms with Gasteiger partial charge in [0.15, 0.2) is 5.11 Å². The van der Waals surface area contributed by atoms with Crippen LogP contribution >= 0.6 is 12.2 Å². The summed E-state index contributed by atoms with van der Waals surface area (Å²) in [6.45, 7) is 11.8. The van der Waals surface area contributed by atoms with Crippen molar-refractivity contribution in [2.45, 2.75) is 53.1 Å². The van der Waals surface area contributed by atoms with Crippen LogP contribution in [0.5, 0.6) is 0 Å². The van der Waals surface area contributed by atoms with Gasteiger partial charge in [-0.15, -0.1) is 0 Å². The average molecular weight is 362 g/mol. The normalized spacial score (nSPS) is 10.7. The van der Waals surface area contributed by atoms with E-state index in [9.17, 15) is 9.59 Å². The Morgan fingerprint density at radius 2 is 1.71 bits per heavy atom. The van der Waals surface area contributed by atoms with Crippen molar-refractivity contribution < 1.29 is 19.1 Å². The summed E-state index contributed by atoms with van der Waals surface area (Å²) in [6.07, 6.45) is 0.759. The van der Waals surface area contributed by atoms with Crippen LogP contribution in [0.15, 0.2) is 0 Å². The Labute approximate surface area is 150 Å². The van der Waals surface area contributed by atoms with E-state index in [0.717, 1.165) is 13.0 Å². The van der Waals surface area contributed by atoms with E-state index in [1.165, 1.54) is 0 Å². The lowest BCUT2D eigenvalue weighted by atomic mass is 10.2. The third-order valence-corrected chi connectivity index (χ3v) is 3.14. The van der Waals surface area contributed by atoms with E-state index < -0.39 is 11.7 Å². The van der Waals surface area contributed by atoms with Gasteiger partial charge in [0.05, 0.1) is 13.0 Å². The molecule has 0 aromatic rings. The molecule has 0 aliphatic rings. The zero-order chi connectivity index (χ0) is 18.6. The SMILES string of the molecule is CCCN(CCC(=O)OCC)C(=S)NCCNC(=O)OC(C)(C)C. The highest BCUT2D eigenvalue weighted by Gasteiger charge is 2.15. The molecule has 0 bridgehead atoms. The van der Waals surface area contributed by atoms with Crippen LogP contribution < -0.4 is 10.6 Å². The largest absolute Gasteiger partial charge is 0.466 e. The molecular formula is C16H31N3O4S. The second-order valence-corrected chi connectivity index (χ2v) is 6.59. The first-order valence-electron chi connectivity index (χ1n) is 8.34. The highest BCUT2D eigenvalue weighted by Crippen LogP contribution is 2.06. The highest BCUT2D eigenvalue weighted by atomic mass is 32.1. The summed E-state index contributed by atoms with van der Waals surface area (Å²) in [5.74, 6) is -0.229. The van der Waals surface area contributed by atoms with E-state index >= 15 is 0 Å². The Hall–Kier alpha value is -1.57. The van der Waals surface area contributed by atoms with Crippen molar-refractivity contribution in [3.63, 3.8) is 0 Å². The fourth-order valence-electron chi connectivity index (χ4n) is 1.80. The molecule has 8 heteroatoms. The van der Waals surface area contributed by atoms with E-state index in [2.05, 4.69) is 10.6 Å². The lowest BCUT2D eigenvalue weighted by Crippen LogP contribution is -2.44. The number of nitrogens with one attached hydrogen (secondary N) is 2. The fraction of sp³-hybridized carbons (Fsp3) is 0.812. The number of alkyl carbamates (subject to hydrolysis) is 1. The molecule has 0 heterocycles. The van der Waals surface area contributed by atoms with Gasteiger partial charge < -0.3 is 25.0 Å². The molecule has 0 aromatic heterocycles. The first-order valence-corrected chi connectivity index (χ1v) is 8.75. The molecule has 0 rings (SSSR count). The number of ether oxygens (including phenoxy) is 2. The molecule has 7 nitrogen and oxygen atoms in total. The van der Waals surface area contributed by atoms with Gasteiger partial charge in [0.1, 0.15) is 5.60 Å². The molecule has 0 radical (unpaired) electrons. The highest BCUT2D eigenvalue weighted by molar-refractivity contribution is 7.80. The summed E-state index contributed by atoms with van der Waals surface area (Å²) < 4.78 is 10.1. The topological polar surface area (TPSA) is 79.9 Å². The summed E-state index contributed by atoms with van der Waals surface area (Å²) in [7, 11) is 0. The smallest absolute Gasteiger partial charge is 0.407 e. The minimum Gasteiger partial charge on any atom is -0.466 e. The number of hydrogen-bond acceptors (Lipinski definition) is 5. The summed E-state index contributed by atoms with van der Waals surface area (Å²) in [5, 5.41) is 6.30. The van der Waals surface area contributed by atoms with Gasteiger partial charge in [-0.3, -0.25) is 4.79 Å². The first-order chi connectivity index (χ1) is 11.2. The van der Waals surface area contributed by atoms with Crippen LogP contribution in [-0.4, -0.2) is 60.5 Å². The van der Waals surface area contributed by atoms with Crippen molar-refractivity contribution in [1.82, 2.24) is 15.5 Å². The Morgan fingerprint density at radius 3 is 2.25 bits per heavy atom. The minimum absolute atomic E-state index is 0.229. The Balaban J connectivity index is 4.10. The van der Waals surface area contributed by atoms with Gasteiger partial charge in [-0.25, -0.2) is 4.79 Å². The second kappa shape index (κ2) is 11.9. The van der Waals surface area contributed by atoms with E-state index in [1.807, 2.05) is 32.6 Å². The molecule has 2 N–H and O–H groups in total. The number of nitrogens with zero attached hydrogens (tertiary/aromatic N) is 1. The molecule has 0 spiro atoms. The molecule has 1 amide bonds. The summed E-state index contributed by atoms with van der Waals surface area (Å²) in [4.78, 5) is 24.9. The van der Waals surface area contributed by atoms with Crippen LogP contribution in [-0.2, 0) is 14.3 Å². The van der Waals surface area contributed by atoms with Crippen molar-refractivity contribution in [2.24, 2.45) is 0 Å². The number of carbonyl (C=O) groups is 2. The van der Waals surface area contributed by atoms with Crippen molar-refractivity contribution >= 4 is 29.4 Å². The zero-order valence-corrected chi connectivity index (χ0v) is 16.3. The minimum atomic E-state index is -0.516. The molecule has 0 fully saturated rings. The van der Waals surface area contributed by atoms with E-state index in [1.54, 1.807) is 6.92 Å². The summed E-state index contributed by atoms with van der Waals surface area (Å²) in [6, 6.07) is 0. The maximum Gasteiger partial charge on any atom is 0.407 e.